The standard InChI is InChI=1S/C18H27Cl/c1-14-8-9-15(2)17(12-14)13-18(19)11-10-16-6-4-3-5-7-16/h8-9,12,16,18H,3-7,10-11,13H2,1-2H3. The monoisotopic (exact) mass is 278 g/mol. The third-order valence-corrected chi connectivity index (χ3v) is 4.93. The van der Waals surface area contributed by atoms with Gasteiger partial charge in [-0.15, -0.1) is 11.6 Å². The molecule has 0 amide bonds. The zero-order chi connectivity index (χ0) is 13.7. The highest BCUT2D eigenvalue weighted by atomic mass is 35.5. The summed E-state index contributed by atoms with van der Waals surface area (Å²) in [4.78, 5) is 0. The number of alkyl halides is 1. The molecule has 1 fully saturated rings. The highest BCUT2D eigenvalue weighted by molar-refractivity contribution is 6.20. The van der Waals surface area contributed by atoms with Crippen molar-refractivity contribution >= 4 is 11.6 Å². The molecule has 1 heteroatoms. The van der Waals surface area contributed by atoms with E-state index in [9.17, 15) is 0 Å². The van der Waals surface area contributed by atoms with Gasteiger partial charge in [0.05, 0.1) is 0 Å². The van der Waals surface area contributed by atoms with E-state index in [1.165, 1.54) is 61.6 Å². The zero-order valence-electron chi connectivity index (χ0n) is 12.4. The van der Waals surface area contributed by atoms with E-state index < -0.39 is 0 Å². The van der Waals surface area contributed by atoms with Crippen LogP contribution in [0.1, 0.15) is 61.6 Å². The molecule has 0 aromatic heterocycles. The van der Waals surface area contributed by atoms with Crippen LogP contribution in [0.25, 0.3) is 0 Å². The Morgan fingerprint density at radius 3 is 2.63 bits per heavy atom. The second-order valence-electron chi connectivity index (χ2n) is 6.31. The lowest BCUT2D eigenvalue weighted by atomic mass is 9.85. The van der Waals surface area contributed by atoms with Gasteiger partial charge in [0.1, 0.15) is 0 Å². The Morgan fingerprint density at radius 1 is 1.16 bits per heavy atom. The topological polar surface area (TPSA) is 0 Å². The molecule has 0 N–H and O–H groups in total. The van der Waals surface area contributed by atoms with Crippen LogP contribution in [0.2, 0.25) is 0 Å². The number of hydrogen-bond acceptors (Lipinski definition) is 0. The van der Waals surface area contributed by atoms with Crippen molar-refractivity contribution in [3.8, 4) is 0 Å². The average molecular weight is 279 g/mol. The minimum absolute atomic E-state index is 0.308. The lowest BCUT2D eigenvalue weighted by Gasteiger charge is -2.22. The van der Waals surface area contributed by atoms with E-state index in [1.807, 2.05) is 0 Å². The normalized spacial score (nSPS) is 18.5. The summed E-state index contributed by atoms with van der Waals surface area (Å²) in [6, 6.07) is 6.70. The number of aryl methyl sites for hydroxylation is 2. The average Bonchev–Trinajstić information content (AvgIpc) is 2.42. The van der Waals surface area contributed by atoms with E-state index >= 15 is 0 Å². The maximum absolute atomic E-state index is 6.56. The molecule has 0 spiro atoms. The van der Waals surface area contributed by atoms with E-state index in [-0.39, 0.29) is 0 Å². The second kappa shape index (κ2) is 7.33. The molecule has 1 aromatic rings. The van der Waals surface area contributed by atoms with Crippen LogP contribution in [0.4, 0.5) is 0 Å². The molecule has 1 aliphatic rings. The van der Waals surface area contributed by atoms with E-state index in [1.54, 1.807) is 0 Å². The molecule has 1 atom stereocenters. The number of halogens is 1. The molecule has 0 heterocycles. The van der Waals surface area contributed by atoms with E-state index in [0.717, 1.165) is 12.3 Å². The summed E-state index contributed by atoms with van der Waals surface area (Å²) < 4.78 is 0. The predicted molar refractivity (Wildman–Crippen MR) is 85.1 cm³/mol. The van der Waals surface area contributed by atoms with Crippen molar-refractivity contribution in [1.82, 2.24) is 0 Å². The fourth-order valence-electron chi connectivity index (χ4n) is 3.25. The number of rotatable bonds is 5. The van der Waals surface area contributed by atoms with Crippen molar-refractivity contribution in [2.45, 2.75) is 70.6 Å². The summed E-state index contributed by atoms with van der Waals surface area (Å²) in [6.07, 6.45) is 10.7. The van der Waals surface area contributed by atoms with Crippen molar-refractivity contribution in [3.05, 3.63) is 34.9 Å². The van der Waals surface area contributed by atoms with Gasteiger partial charge in [0, 0.05) is 5.38 Å². The van der Waals surface area contributed by atoms with Crippen molar-refractivity contribution < 1.29 is 0 Å². The lowest BCUT2D eigenvalue weighted by molar-refractivity contribution is 0.330. The smallest absolute Gasteiger partial charge is 0.0376 e. The summed E-state index contributed by atoms with van der Waals surface area (Å²) >= 11 is 6.56. The van der Waals surface area contributed by atoms with Crippen LogP contribution in [-0.4, -0.2) is 5.38 Å². The first-order chi connectivity index (χ1) is 9.15. The Morgan fingerprint density at radius 2 is 1.89 bits per heavy atom. The Hall–Kier alpha value is -0.490. The molecule has 1 unspecified atom stereocenters. The summed E-state index contributed by atoms with van der Waals surface area (Å²) in [5.41, 5.74) is 4.16. The van der Waals surface area contributed by atoms with Crippen molar-refractivity contribution in [2.24, 2.45) is 5.92 Å². The van der Waals surface area contributed by atoms with Gasteiger partial charge in [0.25, 0.3) is 0 Å². The molecule has 0 radical (unpaired) electrons. The van der Waals surface area contributed by atoms with E-state index in [0.29, 0.717) is 5.38 Å². The van der Waals surface area contributed by atoms with Gasteiger partial charge in [0.15, 0.2) is 0 Å². The Bertz CT molecular complexity index is 391. The molecule has 0 aliphatic heterocycles. The Balaban J connectivity index is 1.80. The van der Waals surface area contributed by atoms with Crippen LogP contribution in [0.5, 0.6) is 0 Å². The quantitative estimate of drug-likeness (QED) is 0.596. The van der Waals surface area contributed by atoms with E-state index in [4.69, 9.17) is 11.6 Å². The fraction of sp³-hybridized carbons (Fsp3) is 0.667. The SMILES string of the molecule is Cc1ccc(C)c(CC(Cl)CCC2CCCCC2)c1. The van der Waals surface area contributed by atoms with Gasteiger partial charge in [-0.2, -0.15) is 0 Å². The first-order valence-electron chi connectivity index (χ1n) is 7.85. The molecule has 1 saturated carbocycles. The third kappa shape index (κ3) is 4.84. The van der Waals surface area contributed by atoms with Gasteiger partial charge in [0.2, 0.25) is 0 Å². The first-order valence-corrected chi connectivity index (χ1v) is 8.29. The van der Waals surface area contributed by atoms with Crippen molar-refractivity contribution in [3.63, 3.8) is 0 Å². The van der Waals surface area contributed by atoms with Gasteiger partial charge < -0.3 is 0 Å². The molecular formula is C18H27Cl. The molecule has 19 heavy (non-hydrogen) atoms. The molecule has 1 aromatic carbocycles. The van der Waals surface area contributed by atoms with Crippen LogP contribution >= 0.6 is 11.6 Å². The lowest BCUT2D eigenvalue weighted by Crippen LogP contribution is -2.11. The minimum Gasteiger partial charge on any atom is -0.123 e. The summed E-state index contributed by atoms with van der Waals surface area (Å²) in [7, 11) is 0. The van der Waals surface area contributed by atoms with Gasteiger partial charge in [-0.3, -0.25) is 0 Å². The third-order valence-electron chi connectivity index (χ3n) is 4.56. The molecule has 0 bridgehead atoms. The van der Waals surface area contributed by atoms with Crippen LogP contribution < -0.4 is 0 Å². The van der Waals surface area contributed by atoms with Gasteiger partial charge in [-0.05, 0) is 50.2 Å². The molecule has 0 nitrogen and oxygen atoms in total. The number of hydrogen-bond donors (Lipinski definition) is 0. The highest BCUT2D eigenvalue weighted by Gasteiger charge is 2.16. The van der Waals surface area contributed by atoms with Gasteiger partial charge in [-0.1, -0.05) is 55.9 Å². The minimum atomic E-state index is 0.308. The molecular weight excluding hydrogens is 252 g/mol. The molecule has 0 saturated heterocycles. The summed E-state index contributed by atoms with van der Waals surface area (Å²) in [5, 5.41) is 0.308. The summed E-state index contributed by atoms with van der Waals surface area (Å²) in [5.74, 6) is 0.952. The predicted octanol–water partition coefficient (Wildman–Crippen LogP) is 5.81. The Labute approximate surface area is 123 Å². The van der Waals surface area contributed by atoms with Crippen LogP contribution in [0, 0.1) is 19.8 Å². The van der Waals surface area contributed by atoms with Gasteiger partial charge in [-0.25, -0.2) is 0 Å². The summed E-state index contributed by atoms with van der Waals surface area (Å²) in [6.45, 7) is 4.35. The van der Waals surface area contributed by atoms with Crippen LogP contribution in [0.3, 0.4) is 0 Å². The van der Waals surface area contributed by atoms with Gasteiger partial charge >= 0.3 is 0 Å². The molecule has 1 aliphatic carbocycles. The maximum Gasteiger partial charge on any atom is 0.0376 e. The van der Waals surface area contributed by atoms with Crippen molar-refractivity contribution in [1.29, 1.82) is 0 Å². The highest BCUT2D eigenvalue weighted by Crippen LogP contribution is 2.29. The van der Waals surface area contributed by atoms with Crippen molar-refractivity contribution in [2.75, 3.05) is 0 Å². The molecule has 106 valence electrons. The molecule has 2 rings (SSSR count). The maximum atomic E-state index is 6.56. The van der Waals surface area contributed by atoms with E-state index in [2.05, 4.69) is 32.0 Å². The number of benzene rings is 1. The Kier molecular flexibility index (Phi) is 5.76. The van der Waals surface area contributed by atoms with Crippen LogP contribution in [-0.2, 0) is 6.42 Å². The zero-order valence-corrected chi connectivity index (χ0v) is 13.2. The largest absolute Gasteiger partial charge is 0.123 e. The van der Waals surface area contributed by atoms with Crippen LogP contribution in [0.15, 0.2) is 18.2 Å². The first kappa shape index (κ1) is 14.9. The fourth-order valence-corrected chi connectivity index (χ4v) is 3.55. The second-order valence-corrected chi connectivity index (χ2v) is 6.93.